The fraction of sp³-hybridized carbons (Fsp3) is 0.632. The Balaban J connectivity index is 1.51. The van der Waals surface area contributed by atoms with Gasteiger partial charge in [-0.1, -0.05) is 32.1 Å². The molecule has 1 saturated carbocycles. The molecule has 0 spiro atoms. The topological polar surface area (TPSA) is 44.4 Å². The second-order valence-corrected chi connectivity index (χ2v) is 6.88. The molecule has 1 aliphatic heterocycles. The predicted molar refractivity (Wildman–Crippen MR) is 96.2 cm³/mol. The van der Waals surface area contributed by atoms with E-state index in [1.807, 2.05) is 12.1 Å². The van der Waals surface area contributed by atoms with E-state index in [2.05, 4.69) is 27.7 Å². The highest BCUT2D eigenvalue weighted by Gasteiger charge is 2.15. The fourth-order valence-corrected chi connectivity index (χ4v) is 3.68. The van der Waals surface area contributed by atoms with Crippen LogP contribution in [0.5, 0.6) is 0 Å². The predicted octanol–water partition coefficient (Wildman–Crippen LogP) is 4.52. The average molecular weight is 315 g/mol. The lowest BCUT2D eigenvalue weighted by molar-refractivity contribution is 0.244. The van der Waals surface area contributed by atoms with Crippen LogP contribution >= 0.6 is 0 Å². The van der Waals surface area contributed by atoms with Crippen molar-refractivity contribution >= 4 is 17.4 Å². The van der Waals surface area contributed by atoms with Gasteiger partial charge in [-0.05, 0) is 49.9 Å². The highest BCUT2D eigenvalue weighted by Crippen LogP contribution is 2.22. The van der Waals surface area contributed by atoms with Crippen molar-refractivity contribution in [2.75, 3.05) is 23.3 Å². The van der Waals surface area contributed by atoms with Crippen molar-refractivity contribution in [3.05, 3.63) is 24.3 Å². The number of nitrogens with one attached hydrogen (secondary N) is 2. The van der Waals surface area contributed by atoms with E-state index in [9.17, 15) is 4.79 Å². The van der Waals surface area contributed by atoms with E-state index in [0.717, 1.165) is 31.6 Å². The number of anilines is 2. The van der Waals surface area contributed by atoms with Crippen molar-refractivity contribution in [1.29, 1.82) is 0 Å². The third-order valence-corrected chi connectivity index (χ3v) is 5.04. The summed E-state index contributed by atoms with van der Waals surface area (Å²) in [5.74, 6) is 0. The van der Waals surface area contributed by atoms with Gasteiger partial charge < -0.3 is 15.5 Å². The molecule has 2 aliphatic rings. The molecule has 126 valence electrons. The molecule has 4 nitrogen and oxygen atoms in total. The molecular weight excluding hydrogens is 286 g/mol. The summed E-state index contributed by atoms with van der Waals surface area (Å²) in [6, 6.07) is 8.56. The van der Waals surface area contributed by atoms with E-state index >= 15 is 0 Å². The zero-order valence-corrected chi connectivity index (χ0v) is 14.0. The monoisotopic (exact) mass is 315 g/mol. The van der Waals surface area contributed by atoms with Crippen molar-refractivity contribution in [2.24, 2.45) is 0 Å². The molecule has 1 saturated heterocycles. The molecule has 1 aromatic rings. The number of carbonyl (C=O) groups excluding carboxylic acids is 1. The van der Waals surface area contributed by atoms with Gasteiger partial charge in [0.25, 0.3) is 0 Å². The molecule has 1 aliphatic carbocycles. The van der Waals surface area contributed by atoms with Crippen LogP contribution in [0, 0.1) is 0 Å². The van der Waals surface area contributed by atoms with Crippen molar-refractivity contribution in [3.8, 4) is 0 Å². The Kier molecular flexibility index (Phi) is 5.78. The number of benzene rings is 1. The summed E-state index contributed by atoms with van der Waals surface area (Å²) in [6.07, 6.45) is 11.2. The molecular formula is C19H29N3O. The highest BCUT2D eigenvalue weighted by atomic mass is 16.2. The summed E-state index contributed by atoms with van der Waals surface area (Å²) in [4.78, 5) is 14.5. The maximum absolute atomic E-state index is 12.1. The number of hydrogen-bond acceptors (Lipinski definition) is 2. The van der Waals surface area contributed by atoms with E-state index < -0.39 is 0 Å². The molecule has 2 N–H and O–H groups in total. The van der Waals surface area contributed by atoms with Crippen LogP contribution < -0.4 is 15.5 Å². The van der Waals surface area contributed by atoms with Crippen LogP contribution in [0.2, 0.25) is 0 Å². The summed E-state index contributed by atoms with van der Waals surface area (Å²) < 4.78 is 0. The van der Waals surface area contributed by atoms with E-state index in [0.29, 0.717) is 6.04 Å². The lowest BCUT2D eigenvalue weighted by Gasteiger charge is -2.24. The summed E-state index contributed by atoms with van der Waals surface area (Å²) in [5.41, 5.74) is 2.14. The van der Waals surface area contributed by atoms with Crippen LogP contribution in [0.15, 0.2) is 24.3 Å². The molecule has 0 radical (unpaired) electrons. The maximum Gasteiger partial charge on any atom is 0.319 e. The number of nitrogens with zero attached hydrogens (tertiary/aromatic N) is 1. The Morgan fingerprint density at radius 2 is 1.48 bits per heavy atom. The molecule has 0 atom stereocenters. The Morgan fingerprint density at radius 1 is 0.870 bits per heavy atom. The highest BCUT2D eigenvalue weighted by molar-refractivity contribution is 5.89. The zero-order chi connectivity index (χ0) is 15.9. The van der Waals surface area contributed by atoms with Gasteiger partial charge in [0.1, 0.15) is 0 Å². The average Bonchev–Trinajstić information content (AvgIpc) is 2.86. The second kappa shape index (κ2) is 8.23. The molecule has 1 heterocycles. The van der Waals surface area contributed by atoms with Gasteiger partial charge in [0.2, 0.25) is 0 Å². The summed E-state index contributed by atoms with van der Waals surface area (Å²) in [5, 5.41) is 6.06. The standard InChI is InChI=1S/C19H29N3O/c23-19(20-16-8-4-3-5-9-16)21-17-10-12-18(13-11-17)22-14-6-1-2-7-15-22/h10-13,16H,1-9,14-15H2,(H2,20,21,23). The first kappa shape index (κ1) is 16.2. The zero-order valence-electron chi connectivity index (χ0n) is 14.0. The Hall–Kier alpha value is -1.71. The van der Waals surface area contributed by atoms with Crippen molar-refractivity contribution in [1.82, 2.24) is 5.32 Å². The van der Waals surface area contributed by atoms with Gasteiger partial charge in [0.05, 0.1) is 0 Å². The quantitative estimate of drug-likeness (QED) is 0.861. The van der Waals surface area contributed by atoms with Crippen LogP contribution in [-0.4, -0.2) is 25.2 Å². The number of urea groups is 1. The molecule has 2 fully saturated rings. The smallest absolute Gasteiger partial charge is 0.319 e. The van der Waals surface area contributed by atoms with E-state index in [-0.39, 0.29) is 6.03 Å². The van der Waals surface area contributed by atoms with Gasteiger partial charge in [0.15, 0.2) is 0 Å². The molecule has 1 aromatic carbocycles. The molecule has 0 aromatic heterocycles. The van der Waals surface area contributed by atoms with Crippen molar-refractivity contribution in [3.63, 3.8) is 0 Å². The van der Waals surface area contributed by atoms with E-state index in [4.69, 9.17) is 0 Å². The molecule has 23 heavy (non-hydrogen) atoms. The van der Waals surface area contributed by atoms with Gasteiger partial charge >= 0.3 is 6.03 Å². The van der Waals surface area contributed by atoms with Gasteiger partial charge in [-0.3, -0.25) is 0 Å². The van der Waals surface area contributed by atoms with Gasteiger partial charge in [-0.2, -0.15) is 0 Å². The van der Waals surface area contributed by atoms with Crippen LogP contribution in [0.1, 0.15) is 57.8 Å². The molecule has 0 unspecified atom stereocenters. The van der Waals surface area contributed by atoms with Crippen LogP contribution in [0.4, 0.5) is 16.2 Å². The minimum atomic E-state index is -0.0700. The largest absolute Gasteiger partial charge is 0.372 e. The number of rotatable bonds is 3. The SMILES string of the molecule is O=C(Nc1ccc(N2CCCCCC2)cc1)NC1CCCCC1. The van der Waals surface area contributed by atoms with Gasteiger partial charge in [0, 0.05) is 30.5 Å². The summed E-state index contributed by atoms with van der Waals surface area (Å²) >= 11 is 0. The third kappa shape index (κ3) is 4.88. The van der Waals surface area contributed by atoms with Gasteiger partial charge in [-0.15, -0.1) is 0 Å². The first-order valence-corrected chi connectivity index (χ1v) is 9.24. The Labute approximate surface area is 139 Å². The molecule has 4 heteroatoms. The minimum absolute atomic E-state index is 0.0700. The third-order valence-electron chi connectivity index (χ3n) is 5.04. The first-order valence-electron chi connectivity index (χ1n) is 9.24. The maximum atomic E-state index is 12.1. The Bertz CT molecular complexity index is 486. The fourth-order valence-electron chi connectivity index (χ4n) is 3.68. The molecule has 3 rings (SSSR count). The number of carbonyl (C=O) groups is 1. The molecule has 0 bridgehead atoms. The molecule has 2 amide bonds. The first-order chi connectivity index (χ1) is 11.3. The number of hydrogen-bond donors (Lipinski definition) is 2. The second-order valence-electron chi connectivity index (χ2n) is 6.88. The van der Waals surface area contributed by atoms with Crippen molar-refractivity contribution in [2.45, 2.75) is 63.8 Å². The Morgan fingerprint density at radius 3 is 2.13 bits per heavy atom. The summed E-state index contributed by atoms with van der Waals surface area (Å²) in [7, 11) is 0. The van der Waals surface area contributed by atoms with Gasteiger partial charge in [-0.25, -0.2) is 4.79 Å². The normalized spacial score (nSPS) is 19.9. The summed E-state index contributed by atoms with van der Waals surface area (Å²) in [6.45, 7) is 2.30. The lowest BCUT2D eigenvalue weighted by Crippen LogP contribution is -2.39. The van der Waals surface area contributed by atoms with E-state index in [1.54, 1.807) is 0 Å². The van der Waals surface area contributed by atoms with Crippen LogP contribution in [0.25, 0.3) is 0 Å². The number of amides is 2. The minimum Gasteiger partial charge on any atom is -0.372 e. The van der Waals surface area contributed by atoms with Crippen LogP contribution in [-0.2, 0) is 0 Å². The van der Waals surface area contributed by atoms with E-state index in [1.165, 1.54) is 50.6 Å². The van der Waals surface area contributed by atoms with Crippen molar-refractivity contribution < 1.29 is 4.79 Å². The lowest BCUT2D eigenvalue weighted by atomic mass is 9.96. The van der Waals surface area contributed by atoms with Crippen LogP contribution in [0.3, 0.4) is 0 Å².